The zero-order valence-electron chi connectivity index (χ0n) is 37.8. The van der Waals surface area contributed by atoms with Crippen molar-refractivity contribution in [1.29, 1.82) is 0 Å². The number of nitrogens with two attached hydrogens (primary N) is 2. The number of sulfone groups is 1. The largest absolute Gasteiger partial charge is 1.00 e. The quantitative estimate of drug-likeness (QED) is 0.00453. The van der Waals surface area contributed by atoms with Crippen LogP contribution in [-0.2, 0) is 54.0 Å². The summed E-state index contributed by atoms with van der Waals surface area (Å²) >= 11 is 6.38. The van der Waals surface area contributed by atoms with Gasteiger partial charge in [-0.05, 0) is 78.3 Å². The van der Waals surface area contributed by atoms with Gasteiger partial charge in [-0.15, -0.1) is 20.5 Å². The van der Waals surface area contributed by atoms with Crippen LogP contribution in [0.2, 0.25) is 5.28 Å². The summed E-state index contributed by atoms with van der Waals surface area (Å²) in [4.78, 5) is 15.8. The van der Waals surface area contributed by atoms with Crippen molar-refractivity contribution >= 4 is 133 Å². The molecule has 0 saturated carbocycles. The van der Waals surface area contributed by atoms with Crippen LogP contribution in [0.4, 0.5) is 77.7 Å². The molecule has 2 heterocycles. The number of aromatic nitrogens is 5. The van der Waals surface area contributed by atoms with Crippen LogP contribution in [0.1, 0.15) is 7.43 Å². The minimum Gasteiger partial charge on any atom is -0.744 e. The molecule has 0 atom stereocenters. The molecular formula is C34H27ClF2N14Na4O15S5. The standard InChI is InChI=1S/C33H27ClF2N14O15S5.CH4.4Na/c34-30-44-32(40-15-1-5-18(6-2-15)67(52,53)10-9-63-70(60,61)62)46-33(45-30)41-17-4-8-23(68(54,55)56)20(12-17)48-49-21-13-24(69(57,58)59)28(38)29(27(21)37)50-47-19-11-16(3-7-22(19)66-65-64-51)39-26-14-25(35)42-31(36)43-26;;;;;/h1-8,11-14,51H,9-10,37-38H2,(H,39,42,43)(H,54,55,56)(H,57,58,59)(H,60,61,62)(H2,40,41,44,45,46);1H4;;;;/q;;4*+1/p-4. The molecule has 6 rings (SSSR count). The first-order chi connectivity index (χ1) is 32.8. The van der Waals surface area contributed by atoms with E-state index in [1.165, 1.54) is 24.3 Å². The van der Waals surface area contributed by atoms with Crippen LogP contribution in [0.15, 0.2) is 113 Å². The average Bonchev–Trinajstić information content (AvgIpc) is 3.24. The van der Waals surface area contributed by atoms with Crippen LogP contribution in [0.5, 0.6) is 0 Å². The molecule has 29 nitrogen and oxygen atoms in total. The number of anilines is 8. The Morgan fingerprint density at radius 1 is 0.640 bits per heavy atom. The number of benzene rings is 4. The molecule has 4 aromatic carbocycles. The van der Waals surface area contributed by atoms with Gasteiger partial charge in [0.15, 0.2) is 9.84 Å². The predicted octanol–water partition coefficient (Wildman–Crippen LogP) is -7.24. The van der Waals surface area contributed by atoms with Crippen LogP contribution in [0, 0.1) is 12.0 Å². The fraction of sp³-hybridized carbons (Fsp3) is 0.0882. The second kappa shape index (κ2) is 30.0. The van der Waals surface area contributed by atoms with E-state index in [9.17, 15) is 61.4 Å². The van der Waals surface area contributed by atoms with Crippen molar-refractivity contribution < 1.29 is 193 Å². The first-order valence-electron chi connectivity index (χ1n) is 18.0. The van der Waals surface area contributed by atoms with Gasteiger partial charge in [-0.2, -0.15) is 38.0 Å². The SMILES string of the molecule is C.Nc1c(N=Nc2cc(Nc3nc(Cl)nc(Nc4ccc(S(=O)(=O)CCOS(=O)(=O)[O-])cc4)n3)ccc2S(=O)(=O)[O-])cc(S(=O)(=O)[O-])c(N)c1N=Nc1cc(Nc2cc(F)nc(F)n2)ccc1SOO[O-].[Na+].[Na+].[Na+].[Na+]. The summed E-state index contributed by atoms with van der Waals surface area (Å²) in [5.41, 5.74) is 8.48. The molecule has 0 aliphatic heterocycles. The summed E-state index contributed by atoms with van der Waals surface area (Å²) in [6.45, 7) is -0.918. The first-order valence-corrected chi connectivity index (χ1v) is 24.9. The fourth-order valence-corrected chi connectivity index (χ4v) is 8.65. The molecule has 2 aromatic heterocycles. The molecular weight excluding hydrogens is 1170 g/mol. The van der Waals surface area contributed by atoms with Crippen LogP contribution in [0.3, 0.4) is 0 Å². The smallest absolute Gasteiger partial charge is 0.744 e. The van der Waals surface area contributed by atoms with Gasteiger partial charge in [0.1, 0.15) is 48.8 Å². The number of halogens is 3. The molecule has 75 heavy (non-hydrogen) atoms. The van der Waals surface area contributed by atoms with Crippen LogP contribution >= 0.6 is 23.6 Å². The first kappa shape index (κ1) is 70.2. The summed E-state index contributed by atoms with van der Waals surface area (Å²) in [7, 11) is -20.0. The van der Waals surface area contributed by atoms with E-state index in [-0.39, 0.29) is 176 Å². The maximum absolute atomic E-state index is 13.7. The van der Waals surface area contributed by atoms with Gasteiger partial charge in [0.25, 0.3) is 0 Å². The molecule has 0 fully saturated rings. The van der Waals surface area contributed by atoms with E-state index in [0.717, 1.165) is 42.5 Å². The van der Waals surface area contributed by atoms with Crippen molar-refractivity contribution in [2.24, 2.45) is 20.5 Å². The fourth-order valence-electron chi connectivity index (χ4n) is 5.38. The maximum Gasteiger partial charge on any atom is 1.00 e. The molecule has 41 heteroatoms. The van der Waals surface area contributed by atoms with Crippen LogP contribution < -0.4 is 151 Å². The Balaban J connectivity index is 0.00000562. The number of nitrogen functional groups attached to an aromatic ring is 2. The van der Waals surface area contributed by atoms with Crippen LogP contribution in [-0.4, -0.2) is 84.6 Å². The van der Waals surface area contributed by atoms with Gasteiger partial charge in [0.05, 0.1) is 55.4 Å². The van der Waals surface area contributed by atoms with Gasteiger partial charge < -0.3 is 46.3 Å². The van der Waals surface area contributed by atoms with Crippen molar-refractivity contribution in [3.05, 3.63) is 90.1 Å². The number of hydrogen-bond donors (Lipinski definition) is 5. The van der Waals surface area contributed by atoms with Crippen LogP contribution in [0.25, 0.3) is 0 Å². The second-order valence-electron chi connectivity index (χ2n) is 13.0. The Bertz CT molecular complexity index is 3520. The minimum absolute atomic E-state index is 0. The molecule has 0 bridgehead atoms. The second-order valence-corrected chi connectivity index (χ2v) is 19.9. The van der Waals surface area contributed by atoms with Crippen molar-refractivity contribution in [2.75, 3.05) is 39.8 Å². The van der Waals surface area contributed by atoms with E-state index in [4.69, 9.17) is 23.1 Å². The number of rotatable bonds is 20. The van der Waals surface area contributed by atoms with Crippen molar-refractivity contribution in [1.82, 2.24) is 24.9 Å². The van der Waals surface area contributed by atoms with E-state index in [2.05, 4.69) is 74.9 Å². The van der Waals surface area contributed by atoms with Crippen molar-refractivity contribution in [3.8, 4) is 0 Å². The minimum atomic E-state index is -5.48. The van der Waals surface area contributed by atoms with Gasteiger partial charge in [-0.1, -0.05) is 7.43 Å². The zero-order valence-corrected chi connectivity index (χ0v) is 50.7. The van der Waals surface area contributed by atoms with E-state index >= 15 is 0 Å². The van der Waals surface area contributed by atoms with Crippen molar-refractivity contribution in [3.63, 3.8) is 0 Å². The summed E-state index contributed by atoms with van der Waals surface area (Å²) in [5, 5.41) is 36.8. The number of hydrogen-bond acceptors (Lipinski definition) is 30. The number of azo groups is 2. The predicted molar refractivity (Wildman–Crippen MR) is 238 cm³/mol. The van der Waals surface area contributed by atoms with Gasteiger partial charge >= 0.3 is 124 Å². The van der Waals surface area contributed by atoms with Gasteiger partial charge in [0, 0.05) is 23.1 Å². The third-order valence-corrected chi connectivity index (χ3v) is 13.0. The summed E-state index contributed by atoms with van der Waals surface area (Å²) in [6.07, 6.45) is -1.41. The van der Waals surface area contributed by atoms with Gasteiger partial charge in [-0.3, -0.25) is 9.22 Å². The van der Waals surface area contributed by atoms with E-state index in [0.29, 0.717) is 18.1 Å². The molecule has 0 spiro atoms. The Kier molecular flexibility index (Phi) is 28.0. The monoisotopic (exact) mass is 1200 g/mol. The third kappa shape index (κ3) is 20.4. The average molecular weight is 1200 g/mol. The Hall–Kier alpha value is -2.81. The topological polar surface area (TPSA) is 459 Å². The molecule has 0 radical (unpaired) electrons. The Morgan fingerprint density at radius 3 is 1.77 bits per heavy atom. The Labute approximate surface area is 521 Å². The summed E-state index contributed by atoms with van der Waals surface area (Å²) in [5.74, 6) is -2.96. The molecule has 0 unspecified atom stereocenters. The van der Waals surface area contributed by atoms with E-state index in [1.54, 1.807) is 0 Å². The molecule has 6 aromatic rings. The molecule has 378 valence electrons. The summed E-state index contributed by atoms with van der Waals surface area (Å²) < 4.78 is 167. The number of nitrogens with one attached hydrogen (secondary N) is 3. The van der Waals surface area contributed by atoms with Gasteiger partial charge in [0.2, 0.25) is 33.5 Å². The van der Waals surface area contributed by atoms with Gasteiger partial charge in [-0.25, -0.2) is 33.7 Å². The Morgan fingerprint density at radius 2 is 1.19 bits per heavy atom. The molecule has 0 aliphatic carbocycles. The maximum atomic E-state index is 13.7. The van der Waals surface area contributed by atoms with E-state index < -0.39 is 108 Å². The summed E-state index contributed by atoms with van der Waals surface area (Å²) in [6, 6.07) is 12.6. The number of nitrogens with zero attached hydrogens (tertiary/aromatic N) is 9. The molecule has 0 aliphatic rings. The molecule has 0 amide bonds. The molecule has 7 N–H and O–H groups in total. The zero-order chi connectivity index (χ0) is 51.2. The van der Waals surface area contributed by atoms with E-state index in [1.807, 2.05) is 0 Å². The third-order valence-electron chi connectivity index (χ3n) is 8.30. The van der Waals surface area contributed by atoms with Crippen molar-refractivity contribution in [2.45, 2.75) is 27.0 Å². The molecule has 0 saturated heterocycles. The normalized spacial score (nSPS) is 11.6.